The third-order valence-electron chi connectivity index (χ3n) is 6.00. The molecule has 0 aliphatic heterocycles. The van der Waals surface area contributed by atoms with Crippen LogP contribution in [-0.2, 0) is 9.59 Å². The number of carbonyl (C=O) groups is 2. The van der Waals surface area contributed by atoms with Gasteiger partial charge in [0.2, 0.25) is 11.8 Å². The van der Waals surface area contributed by atoms with Crippen molar-refractivity contribution >= 4 is 35.3 Å². The second kappa shape index (κ2) is 12.8. The van der Waals surface area contributed by atoms with Gasteiger partial charge >= 0.3 is 0 Å². The predicted octanol–water partition coefficient (Wildman–Crippen LogP) is 7.11. The zero-order valence-corrected chi connectivity index (χ0v) is 21.6. The van der Waals surface area contributed by atoms with Crippen molar-refractivity contribution in [2.45, 2.75) is 0 Å². The number of rotatable bonds is 8. The van der Waals surface area contributed by atoms with Gasteiger partial charge in [-0.15, -0.1) is 0 Å². The molecule has 194 valence electrons. The third-order valence-corrected chi connectivity index (χ3v) is 6.00. The number of nitrogens with zero attached hydrogens (tertiary/aromatic N) is 2. The number of hydrogen-bond acceptors (Lipinski definition) is 4. The first kappa shape index (κ1) is 26.0. The minimum atomic E-state index is -0.202. The van der Waals surface area contributed by atoms with Gasteiger partial charge in [0.05, 0.1) is 0 Å². The van der Waals surface area contributed by atoms with Crippen molar-refractivity contribution < 1.29 is 9.59 Å². The van der Waals surface area contributed by atoms with Gasteiger partial charge in [0.15, 0.2) is 5.82 Å². The summed E-state index contributed by atoms with van der Waals surface area (Å²) in [7, 11) is 0. The quantitative estimate of drug-likeness (QED) is 0.213. The Morgan fingerprint density at radius 2 is 0.925 bits per heavy atom. The highest BCUT2D eigenvalue weighted by atomic mass is 16.2. The van der Waals surface area contributed by atoms with E-state index < -0.39 is 0 Å². The van der Waals surface area contributed by atoms with E-state index in [2.05, 4.69) is 20.6 Å². The molecule has 0 fully saturated rings. The molecule has 0 bridgehead atoms. The lowest BCUT2D eigenvalue weighted by Gasteiger charge is -2.07. The Kier molecular flexibility index (Phi) is 8.29. The minimum absolute atomic E-state index is 0.196. The predicted molar refractivity (Wildman–Crippen MR) is 161 cm³/mol. The number of carbonyl (C=O) groups excluding carboxylic acids is 2. The molecule has 1 aromatic heterocycles. The maximum absolute atomic E-state index is 12.2. The van der Waals surface area contributed by atoms with Crippen LogP contribution in [-0.4, -0.2) is 21.8 Å². The maximum Gasteiger partial charge on any atom is 0.248 e. The van der Waals surface area contributed by atoms with Crippen molar-refractivity contribution in [3.63, 3.8) is 0 Å². The minimum Gasteiger partial charge on any atom is -0.323 e. The van der Waals surface area contributed by atoms with Crippen LogP contribution in [0.25, 0.3) is 34.7 Å². The van der Waals surface area contributed by atoms with Crippen LogP contribution in [0.5, 0.6) is 0 Å². The lowest BCUT2D eigenvalue weighted by molar-refractivity contribution is -0.112. The smallest absolute Gasteiger partial charge is 0.248 e. The molecule has 0 saturated heterocycles. The fourth-order valence-electron chi connectivity index (χ4n) is 3.91. The second-order valence-corrected chi connectivity index (χ2v) is 8.92. The lowest BCUT2D eigenvalue weighted by atomic mass is 10.1. The standard InChI is InChI=1S/C34H26N4O2/c39-32(21-11-25-7-3-1-4-8-25)37-30-17-13-27(14-18-30)29-23-35-34(36-24-29)28-15-19-31(20-16-28)38-33(40)22-12-26-9-5-2-6-10-26/h1-24H,(H,37,39)(H,38,40). The molecule has 40 heavy (non-hydrogen) atoms. The average Bonchev–Trinajstić information content (AvgIpc) is 3.01. The van der Waals surface area contributed by atoms with Crippen LogP contribution in [0.15, 0.2) is 134 Å². The molecule has 0 aliphatic rings. The Morgan fingerprint density at radius 3 is 1.38 bits per heavy atom. The molecule has 1 heterocycles. The fraction of sp³-hybridized carbons (Fsp3) is 0. The number of nitrogens with one attached hydrogen (secondary N) is 2. The molecule has 0 spiro atoms. The van der Waals surface area contributed by atoms with E-state index >= 15 is 0 Å². The third kappa shape index (κ3) is 7.24. The van der Waals surface area contributed by atoms with Crippen molar-refractivity contribution in [3.8, 4) is 22.5 Å². The van der Waals surface area contributed by atoms with Crippen molar-refractivity contribution in [2.75, 3.05) is 10.6 Å². The highest BCUT2D eigenvalue weighted by Crippen LogP contribution is 2.23. The van der Waals surface area contributed by atoms with Gasteiger partial charge in [0.25, 0.3) is 0 Å². The summed E-state index contributed by atoms with van der Waals surface area (Å²) >= 11 is 0. The monoisotopic (exact) mass is 522 g/mol. The fourth-order valence-corrected chi connectivity index (χ4v) is 3.91. The summed E-state index contributed by atoms with van der Waals surface area (Å²) in [6.07, 6.45) is 10.1. The first-order valence-corrected chi connectivity index (χ1v) is 12.7. The van der Waals surface area contributed by atoms with Gasteiger partial charge in [0, 0.05) is 47.0 Å². The molecule has 0 atom stereocenters. The molecule has 6 nitrogen and oxygen atoms in total. The van der Waals surface area contributed by atoms with Crippen molar-refractivity contribution in [1.82, 2.24) is 9.97 Å². The van der Waals surface area contributed by atoms with Gasteiger partial charge in [-0.3, -0.25) is 9.59 Å². The van der Waals surface area contributed by atoms with Crippen molar-refractivity contribution in [1.29, 1.82) is 0 Å². The van der Waals surface area contributed by atoms with Crippen molar-refractivity contribution in [3.05, 3.63) is 145 Å². The van der Waals surface area contributed by atoms with E-state index in [0.717, 1.165) is 27.8 Å². The van der Waals surface area contributed by atoms with Crippen LogP contribution >= 0.6 is 0 Å². The van der Waals surface area contributed by atoms with E-state index in [9.17, 15) is 9.59 Å². The van der Waals surface area contributed by atoms with Crippen LogP contribution in [0.1, 0.15) is 11.1 Å². The Bertz CT molecular complexity index is 1500. The zero-order valence-electron chi connectivity index (χ0n) is 21.6. The lowest BCUT2D eigenvalue weighted by Crippen LogP contribution is -2.07. The van der Waals surface area contributed by atoms with Gasteiger partial charge in [0.1, 0.15) is 0 Å². The molecule has 5 aromatic rings. The van der Waals surface area contributed by atoms with Gasteiger partial charge in [-0.1, -0.05) is 72.8 Å². The van der Waals surface area contributed by atoms with Crippen LogP contribution in [0.2, 0.25) is 0 Å². The average molecular weight is 523 g/mol. The molecule has 0 saturated carbocycles. The highest BCUT2D eigenvalue weighted by molar-refractivity contribution is 6.02. The summed E-state index contributed by atoms with van der Waals surface area (Å²) in [6, 6.07) is 34.2. The largest absolute Gasteiger partial charge is 0.323 e. The van der Waals surface area contributed by atoms with E-state index in [-0.39, 0.29) is 11.8 Å². The highest BCUT2D eigenvalue weighted by Gasteiger charge is 2.06. The molecular formula is C34H26N4O2. The topological polar surface area (TPSA) is 84.0 Å². The number of aromatic nitrogens is 2. The number of benzene rings is 4. The summed E-state index contributed by atoms with van der Waals surface area (Å²) < 4.78 is 0. The van der Waals surface area contributed by atoms with Gasteiger partial charge in [-0.2, -0.15) is 0 Å². The SMILES string of the molecule is O=C(C=Cc1ccccc1)Nc1ccc(-c2cnc(-c3ccc(NC(=O)C=Cc4ccccc4)cc3)nc2)cc1. The first-order valence-electron chi connectivity index (χ1n) is 12.7. The number of hydrogen-bond donors (Lipinski definition) is 2. The Balaban J connectivity index is 1.16. The summed E-state index contributed by atoms with van der Waals surface area (Å²) in [6.45, 7) is 0. The van der Waals surface area contributed by atoms with Crippen LogP contribution in [0.4, 0.5) is 11.4 Å². The van der Waals surface area contributed by atoms with Gasteiger partial charge < -0.3 is 10.6 Å². The molecule has 5 rings (SSSR count). The van der Waals surface area contributed by atoms with Crippen LogP contribution in [0, 0.1) is 0 Å². The Hall–Kier alpha value is -5.62. The van der Waals surface area contributed by atoms with Crippen LogP contribution < -0.4 is 10.6 Å². The summed E-state index contributed by atoms with van der Waals surface area (Å²) in [5.41, 5.74) is 5.95. The number of anilines is 2. The van der Waals surface area contributed by atoms with E-state index in [1.54, 1.807) is 24.5 Å². The molecule has 4 aromatic carbocycles. The molecular weight excluding hydrogens is 496 g/mol. The van der Waals surface area contributed by atoms with Gasteiger partial charge in [-0.25, -0.2) is 9.97 Å². The normalized spacial score (nSPS) is 11.0. The van der Waals surface area contributed by atoms with Crippen LogP contribution in [0.3, 0.4) is 0 Å². The Labute approximate surface area is 232 Å². The molecule has 0 radical (unpaired) electrons. The Morgan fingerprint density at radius 1 is 0.500 bits per heavy atom. The number of amides is 2. The summed E-state index contributed by atoms with van der Waals surface area (Å²) in [4.78, 5) is 33.5. The van der Waals surface area contributed by atoms with E-state index in [1.165, 1.54) is 12.2 Å². The molecule has 6 heteroatoms. The molecule has 2 amide bonds. The first-order chi connectivity index (χ1) is 19.6. The molecule has 0 unspecified atom stereocenters. The summed E-state index contributed by atoms with van der Waals surface area (Å²) in [5.74, 6) is 0.185. The van der Waals surface area contributed by atoms with Gasteiger partial charge in [-0.05, 0) is 65.2 Å². The van der Waals surface area contributed by atoms with Crippen molar-refractivity contribution in [2.24, 2.45) is 0 Å². The van der Waals surface area contributed by atoms with E-state index in [4.69, 9.17) is 0 Å². The zero-order chi connectivity index (χ0) is 27.6. The second-order valence-electron chi connectivity index (χ2n) is 8.92. The molecule has 0 aliphatic carbocycles. The van der Waals surface area contributed by atoms with E-state index in [0.29, 0.717) is 17.2 Å². The molecule has 2 N–H and O–H groups in total. The van der Waals surface area contributed by atoms with E-state index in [1.807, 2.05) is 109 Å². The maximum atomic E-state index is 12.2. The summed E-state index contributed by atoms with van der Waals surface area (Å²) in [5, 5.41) is 5.72.